The third-order valence-electron chi connectivity index (χ3n) is 6.47. The summed E-state index contributed by atoms with van der Waals surface area (Å²) in [7, 11) is 0. The second-order valence-corrected chi connectivity index (χ2v) is 9.42. The molecule has 0 unspecified atom stereocenters. The number of anilines is 1. The van der Waals surface area contributed by atoms with Gasteiger partial charge in [-0.25, -0.2) is 0 Å². The second kappa shape index (κ2) is 8.94. The molecule has 1 saturated heterocycles. The Labute approximate surface area is 194 Å². The summed E-state index contributed by atoms with van der Waals surface area (Å²) >= 11 is 0. The quantitative estimate of drug-likeness (QED) is 0.437. The molecular weight excluding hydrogens is 410 g/mol. The van der Waals surface area contributed by atoms with E-state index < -0.39 is 0 Å². The van der Waals surface area contributed by atoms with Gasteiger partial charge in [0.15, 0.2) is 5.65 Å². The average molecular weight is 442 g/mol. The van der Waals surface area contributed by atoms with Crippen molar-refractivity contribution in [2.75, 3.05) is 18.4 Å². The van der Waals surface area contributed by atoms with E-state index >= 15 is 0 Å². The zero-order valence-electron chi connectivity index (χ0n) is 19.6. The highest BCUT2D eigenvalue weighted by Crippen LogP contribution is 2.31. The SMILES string of the molecule is CC(=O)Nc1cc2cc(-c3ccc(CN4CCCCC4)cc3)ccc2n2c(C(C)C)nnc12. The van der Waals surface area contributed by atoms with Crippen molar-refractivity contribution < 1.29 is 4.79 Å². The van der Waals surface area contributed by atoms with Crippen molar-refractivity contribution in [2.24, 2.45) is 0 Å². The fourth-order valence-electron chi connectivity index (χ4n) is 4.82. The molecule has 0 spiro atoms. The van der Waals surface area contributed by atoms with Gasteiger partial charge in [-0.2, -0.15) is 0 Å². The number of carbonyl (C=O) groups excluding carboxylic acids is 1. The van der Waals surface area contributed by atoms with Crippen molar-refractivity contribution in [1.82, 2.24) is 19.5 Å². The fraction of sp³-hybridized carbons (Fsp3) is 0.370. The van der Waals surface area contributed by atoms with E-state index in [4.69, 9.17) is 0 Å². The molecule has 1 aliphatic rings. The molecule has 1 aliphatic heterocycles. The molecule has 5 rings (SSSR count). The van der Waals surface area contributed by atoms with E-state index in [2.05, 4.69) is 81.1 Å². The maximum atomic E-state index is 11.8. The van der Waals surface area contributed by atoms with Gasteiger partial charge in [-0.3, -0.25) is 14.1 Å². The zero-order chi connectivity index (χ0) is 22.9. The molecule has 4 aromatic rings. The largest absolute Gasteiger partial charge is 0.323 e. The Bertz CT molecular complexity index is 1300. The van der Waals surface area contributed by atoms with Gasteiger partial charge in [-0.15, -0.1) is 10.2 Å². The van der Waals surface area contributed by atoms with Gasteiger partial charge < -0.3 is 5.32 Å². The third-order valence-corrected chi connectivity index (χ3v) is 6.47. The number of hydrogen-bond acceptors (Lipinski definition) is 4. The van der Waals surface area contributed by atoms with E-state index in [-0.39, 0.29) is 11.8 Å². The molecule has 3 heterocycles. The molecule has 33 heavy (non-hydrogen) atoms. The predicted octanol–water partition coefficient (Wildman–Crippen LogP) is 5.62. The minimum absolute atomic E-state index is 0.120. The summed E-state index contributed by atoms with van der Waals surface area (Å²) in [6.45, 7) is 9.17. The lowest BCUT2D eigenvalue weighted by atomic mass is 10.0. The third kappa shape index (κ3) is 4.35. The van der Waals surface area contributed by atoms with Crippen LogP contribution in [0, 0.1) is 0 Å². The van der Waals surface area contributed by atoms with Crippen LogP contribution in [0.5, 0.6) is 0 Å². The first-order valence-corrected chi connectivity index (χ1v) is 11.9. The molecule has 2 aromatic heterocycles. The number of rotatable bonds is 5. The second-order valence-electron chi connectivity index (χ2n) is 9.42. The standard InChI is InChI=1S/C27H31N5O/c1-18(2)26-29-30-27-24(28-19(3)33)16-23-15-22(11-12-25(23)32(26)27)21-9-7-20(8-10-21)17-31-13-5-4-6-14-31/h7-12,15-16,18H,4-6,13-14,17H2,1-3H3,(H,28,33). The summed E-state index contributed by atoms with van der Waals surface area (Å²) in [5.74, 6) is 0.978. The van der Waals surface area contributed by atoms with Crippen LogP contribution in [0.3, 0.4) is 0 Å². The smallest absolute Gasteiger partial charge is 0.221 e. The maximum Gasteiger partial charge on any atom is 0.221 e. The van der Waals surface area contributed by atoms with Crippen molar-refractivity contribution in [3.63, 3.8) is 0 Å². The summed E-state index contributed by atoms with van der Waals surface area (Å²) in [5.41, 5.74) is 6.10. The molecule has 6 nitrogen and oxygen atoms in total. The van der Waals surface area contributed by atoms with E-state index in [1.165, 1.54) is 50.4 Å². The number of likely N-dealkylation sites (tertiary alicyclic amines) is 1. The van der Waals surface area contributed by atoms with Crippen molar-refractivity contribution in [1.29, 1.82) is 0 Å². The van der Waals surface area contributed by atoms with Crippen LogP contribution in [0.1, 0.15) is 57.3 Å². The molecule has 0 atom stereocenters. The van der Waals surface area contributed by atoms with Gasteiger partial charge in [0.05, 0.1) is 11.2 Å². The number of piperidine rings is 1. The van der Waals surface area contributed by atoms with Crippen LogP contribution in [0.2, 0.25) is 0 Å². The number of hydrogen-bond donors (Lipinski definition) is 1. The molecule has 1 N–H and O–H groups in total. The van der Waals surface area contributed by atoms with Crippen LogP contribution in [0.15, 0.2) is 48.5 Å². The van der Waals surface area contributed by atoms with Crippen LogP contribution in [0.25, 0.3) is 27.7 Å². The highest BCUT2D eigenvalue weighted by Gasteiger charge is 2.17. The molecule has 6 heteroatoms. The maximum absolute atomic E-state index is 11.8. The van der Waals surface area contributed by atoms with Crippen molar-refractivity contribution in [3.05, 3.63) is 59.9 Å². The van der Waals surface area contributed by atoms with E-state index in [9.17, 15) is 4.79 Å². The van der Waals surface area contributed by atoms with Crippen LogP contribution in [0.4, 0.5) is 5.69 Å². The Morgan fingerprint density at radius 2 is 1.70 bits per heavy atom. The topological polar surface area (TPSA) is 62.5 Å². The number of fused-ring (bicyclic) bond motifs is 3. The summed E-state index contributed by atoms with van der Waals surface area (Å²) in [6.07, 6.45) is 3.99. The Morgan fingerprint density at radius 1 is 0.970 bits per heavy atom. The fourth-order valence-corrected chi connectivity index (χ4v) is 4.82. The number of nitrogens with one attached hydrogen (secondary N) is 1. The van der Waals surface area contributed by atoms with E-state index in [0.29, 0.717) is 11.3 Å². The average Bonchev–Trinajstić information content (AvgIpc) is 3.26. The monoisotopic (exact) mass is 441 g/mol. The Hall–Kier alpha value is -3.25. The molecule has 2 aromatic carbocycles. The first kappa shape index (κ1) is 21.6. The van der Waals surface area contributed by atoms with Gasteiger partial charge in [0.2, 0.25) is 5.91 Å². The first-order chi connectivity index (χ1) is 16.0. The van der Waals surface area contributed by atoms with Crippen LogP contribution in [-0.4, -0.2) is 38.5 Å². The van der Waals surface area contributed by atoms with Gasteiger partial charge >= 0.3 is 0 Å². The van der Waals surface area contributed by atoms with Crippen LogP contribution < -0.4 is 5.32 Å². The Kier molecular flexibility index (Phi) is 5.85. The zero-order valence-corrected chi connectivity index (χ0v) is 19.6. The van der Waals surface area contributed by atoms with Crippen LogP contribution >= 0.6 is 0 Å². The molecular formula is C27H31N5O. The van der Waals surface area contributed by atoms with E-state index in [1.54, 1.807) is 0 Å². The summed E-state index contributed by atoms with van der Waals surface area (Å²) < 4.78 is 2.07. The van der Waals surface area contributed by atoms with Crippen molar-refractivity contribution in [3.8, 4) is 11.1 Å². The Balaban J connectivity index is 1.52. The first-order valence-electron chi connectivity index (χ1n) is 11.9. The van der Waals surface area contributed by atoms with Gasteiger partial charge in [0.25, 0.3) is 0 Å². The molecule has 0 bridgehead atoms. The lowest BCUT2D eigenvalue weighted by molar-refractivity contribution is -0.114. The molecule has 1 fully saturated rings. The number of nitrogens with zero attached hydrogens (tertiary/aromatic N) is 4. The molecule has 0 radical (unpaired) electrons. The molecule has 1 amide bonds. The van der Waals surface area contributed by atoms with Gasteiger partial charge in [0.1, 0.15) is 5.82 Å². The van der Waals surface area contributed by atoms with E-state index in [1.807, 2.05) is 6.07 Å². The van der Waals surface area contributed by atoms with Crippen LogP contribution in [-0.2, 0) is 11.3 Å². The number of benzene rings is 2. The molecule has 170 valence electrons. The lowest BCUT2D eigenvalue weighted by Crippen LogP contribution is -2.28. The highest BCUT2D eigenvalue weighted by atomic mass is 16.1. The minimum atomic E-state index is -0.120. The number of amides is 1. The van der Waals surface area contributed by atoms with Gasteiger partial charge in [-0.05, 0) is 60.8 Å². The highest BCUT2D eigenvalue weighted by molar-refractivity contribution is 5.98. The lowest BCUT2D eigenvalue weighted by Gasteiger charge is -2.26. The summed E-state index contributed by atoms with van der Waals surface area (Å²) in [4.78, 5) is 14.4. The summed E-state index contributed by atoms with van der Waals surface area (Å²) in [5, 5.41) is 12.8. The Morgan fingerprint density at radius 3 is 2.39 bits per heavy atom. The minimum Gasteiger partial charge on any atom is -0.323 e. The number of aromatic nitrogens is 3. The number of carbonyl (C=O) groups is 1. The molecule has 0 aliphatic carbocycles. The van der Waals surface area contributed by atoms with E-state index in [0.717, 1.165) is 28.8 Å². The van der Waals surface area contributed by atoms with Crippen molar-refractivity contribution >= 4 is 28.1 Å². The normalized spacial score (nSPS) is 14.9. The summed E-state index contributed by atoms with van der Waals surface area (Å²) in [6, 6.07) is 17.4. The van der Waals surface area contributed by atoms with Gasteiger partial charge in [0, 0.05) is 24.8 Å². The molecule has 0 saturated carbocycles. The predicted molar refractivity (Wildman–Crippen MR) is 133 cm³/mol. The van der Waals surface area contributed by atoms with Gasteiger partial charge in [-0.1, -0.05) is 50.6 Å². The number of pyridine rings is 1. The van der Waals surface area contributed by atoms with Crippen molar-refractivity contribution in [2.45, 2.75) is 52.5 Å².